The van der Waals surface area contributed by atoms with Crippen LogP contribution in [0.3, 0.4) is 0 Å². The Bertz CT molecular complexity index is 1730. The van der Waals surface area contributed by atoms with E-state index in [1.807, 2.05) is 0 Å². The number of anilines is 2. The third kappa shape index (κ3) is 6.55. The lowest BCUT2D eigenvalue weighted by Crippen LogP contribution is -2.33. The number of nitrogens with one attached hydrogen (secondary N) is 3. The monoisotopic (exact) mass is 658 g/mol. The molecule has 5 rings (SSSR count). The van der Waals surface area contributed by atoms with Gasteiger partial charge in [-0.1, -0.05) is 28.1 Å². The summed E-state index contributed by atoms with van der Waals surface area (Å²) in [6.45, 7) is 1.66. The van der Waals surface area contributed by atoms with Crippen LogP contribution in [0.5, 0.6) is 5.75 Å². The Morgan fingerprint density at radius 3 is 2.64 bits per heavy atom. The molecule has 0 amide bonds. The minimum atomic E-state index is -4.22. The van der Waals surface area contributed by atoms with Crippen LogP contribution in [0.1, 0.15) is 27.6 Å². The SMILES string of the molecule is COC(=O)c1cc(Nc2c(S(=O)(=O)NCc3ccc(OC)cc3)cnc3cc(Br)cc(F)c23)cc(C2CNCCO2)c1. The number of morpholine rings is 1. The van der Waals surface area contributed by atoms with Gasteiger partial charge in [0.05, 0.1) is 49.1 Å². The summed E-state index contributed by atoms with van der Waals surface area (Å²) in [4.78, 5) is 16.5. The van der Waals surface area contributed by atoms with Crippen molar-refractivity contribution in [2.24, 2.45) is 0 Å². The molecule has 1 aliphatic heterocycles. The molecule has 1 fully saturated rings. The van der Waals surface area contributed by atoms with E-state index in [-0.39, 0.29) is 39.7 Å². The van der Waals surface area contributed by atoms with Crippen LogP contribution in [-0.2, 0) is 26.0 Å². The molecule has 0 saturated carbocycles. The van der Waals surface area contributed by atoms with E-state index in [0.717, 1.165) is 0 Å². The first-order chi connectivity index (χ1) is 20.2. The molecule has 0 radical (unpaired) electrons. The summed E-state index contributed by atoms with van der Waals surface area (Å²) in [7, 11) is -1.41. The lowest BCUT2D eigenvalue weighted by atomic mass is 10.0. The molecule has 1 unspecified atom stereocenters. The summed E-state index contributed by atoms with van der Waals surface area (Å²) in [5, 5.41) is 6.29. The molecular formula is C29H28BrFN4O6S. The van der Waals surface area contributed by atoms with Crippen LogP contribution in [0.15, 0.2) is 70.2 Å². The van der Waals surface area contributed by atoms with Gasteiger partial charge in [-0.15, -0.1) is 0 Å². The number of aromatic nitrogens is 1. The van der Waals surface area contributed by atoms with Crippen molar-refractivity contribution in [2.75, 3.05) is 39.2 Å². The Morgan fingerprint density at radius 2 is 1.95 bits per heavy atom. The molecule has 0 aliphatic carbocycles. The van der Waals surface area contributed by atoms with Crippen LogP contribution < -0.4 is 20.1 Å². The number of hydrogen-bond donors (Lipinski definition) is 3. The highest BCUT2D eigenvalue weighted by atomic mass is 79.9. The highest BCUT2D eigenvalue weighted by Crippen LogP contribution is 2.36. The molecule has 1 aliphatic rings. The highest BCUT2D eigenvalue weighted by molar-refractivity contribution is 9.10. The van der Waals surface area contributed by atoms with E-state index in [0.29, 0.717) is 46.7 Å². The number of benzene rings is 3. The Morgan fingerprint density at radius 1 is 1.17 bits per heavy atom. The smallest absolute Gasteiger partial charge is 0.337 e. The summed E-state index contributed by atoms with van der Waals surface area (Å²) < 4.78 is 61.8. The van der Waals surface area contributed by atoms with Gasteiger partial charge >= 0.3 is 5.97 Å². The number of methoxy groups -OCH3 is 2. The Hall–Kier alpha value is -3.62. The molecule has 3 aromatic carbocycles. The molecule has 220 valence electrons. The number of carbonyl (C=O) groups is 1. The zero-order valence-electron chi connectivity index (χ0n) is 22.7. The predicted molar refractivity (Wildman–Crippen MR) is 159 cm³/mol. The van der Waals surface area contributed by atoms with Gasteiger partial charge in [-0.2, -0.15) is 0 Å². The number of halogens is 2. The first-order valence-electron chi connectivity index (χ1n) is 12.9. The summed E-state index contributed by atoms with van der Waals surface area (Å²) in [5.74, 6) is -0.644. The van der Waals surface area contributed by atoms with E-state index >= 15 is 4.39 Å². The highest BCUT2D eigenvalue weighted by Gasteiger charge is 2.25. The number of fused-ring (bicyclic) bond motifs is 1. The third-order valence-electron chi connectivity index (χ3n) is 6.71. The fraction of sp³-hybridized carbons (Fsp3) is 0.241. The van der Waals surface area contributed by atoms with Crippen LogP contribution >= 0.6 is 15.9 Å². The van der Waals surface area contributed by atoms with E-state index in [9.17, 15) is 13.2 Å². The minimum Gasteiger partial charge on any atom is -0.497 e. The van der Waals surface area contributed by atoms with Gasteiger partial charge in [0.2, 0.25) is 10.0 Å². The van der Waals surface area contributed by atoms with Crippen molar-refractivity contribution in [3.8, 4) is 5.75 Å². The standard InChI is InChI=1S/C29H28BrFN4O6S/c1-39-22-5-3-17(4-6-22)14-34-42(37,38)26-16-33-24-13-20(30)12-23(31)27(24)28(26)35-21-10-18(25-15-32-7-8-41-25)9-19(11-21)29(36)40-2/h3-6,9-13,16,25,32,34H,7-8,14-15H2,1-2H3,(H,33,35). The Kier molecular flexibility index (Phi) is 9.04. The van der Waals surface area contributed by atoms with Gasteiger partial charge in [-0.25, -0.2) is 22.3 Å². The van der Waals surface area contributed by atoms with Gasteiger partial charge in [0, 0.05) is 36.0 Å². The fourth-order valence-electron chi connectivity index (χ4n) is 4.62. The lowest BCUT2D eigenvalue weighted by molar-refractivity contribution is 0.0276. The second kappa shape index (κ2) is 12.7. The molecule has 42 heavy (non-hydrogen) atoms. The molecule has 13 heteroatoms. The van der Waals surface area contributed by atoms with Gasteiger partial charge in [0.25, 0.3) is 0 Å². The van der Waals surface area contributed by atoms with Crippen molar-refractivity contribution in [1.82, 2.24) is 15.0 Å². The van der Waals surface area contributed by atoms with Crippen molar-refractivity contribution in [3.05, 3.63) is 87.8 Å². The normalized spacial score (nSPS) is 15.4. The average molecular weight is 660 g/mol. The van der Waals surface area contributed by atoms with Gasteiger partial charge in [-0.05, 0) is 53.6 Å². The first-order valence-corrected chi connectivity index (χ1v) is 15.2. The van der Waals surface area contributed by atoms with E-state index in [1.165, 1.54) is 25.4 Å². The third-order valence-corrected chi connectivity index (χ3v) is 8.58. The van der Waals surface area contributed by atoms with Gasteiger partial charge in [-0.3, -0.25) is 4.98 Å². The number of hydrogen-bond acceptors (Lipinski definition) is 9. The zero-order chi connectivity index (χ0) is 29.9. The number of pyridine rings is 1. The quantitative estimate of drug-likeness (QED) is 0.217. The number of rotatable bonds is 9. The number of esters is 1. The molecule has 2 heterocycles. The van der Waals surface area contributed by atoms with Crippen LogP contribution in [-0.4, -0.2) is 53.3 Å². The maximum absolute atomic E-state index is 15.5. The Labute approximate surface area is 250 Å². The number of nitrogens with zero attached hydrogens (tertiary/aromatic N) is 1. The maximum atomic E-state index is 15.5. The molecular weight excluding hydrogens is 631 g/mol. The second-order valence-electron chi connectivity index (χ2n) is 9.48. The predicted octanol–water partition coefficient (Wildman–Crippen LogP) is 4.81. The molecule has 4 aromatic rings. The van der Waals surface area contributed by atoms with Crippen LogP contribution in [0, 0.1) is 5.82 Å². The van der Waals surface area contributed by atoms with E-state index in [4.69, 9.17) is 14.2 Å². The van der Waals surface area contributed by atoms with Crippen LogP contribution in [0.25, 0.3) is 10.9 Å². The van der Waals surface area contributed by atoms with Gasteiger partial charge in [0.1, 0.15) is 16.5 Å². The molecule has 1 aromatic heterocycles. The maximum Gasteiger partial charge on any atom is 0.337 e. The molecule has 1 saturated heterocycles. The topological polar surface area (TPSA) is 128 Å². The van der Waals surface area contributed by atoms with Crippen molar-refractivity contribution in [3.63, 3.8) is 0 Å². The van der Waals surface area contributed by atoms with E-state index in [2.05, 4.69) is 36.3 Å². The largest absolute Gasteiger partial charge is 0.497 e. The van der Waals surface area contributed by atoms with Crippen molar-refractivity contribution >= 4 is 54.2 Å². The van der Waals surface area contributed by atoms with E-state index in [1.54, 1.807) is 49.6 Å². The summed E-state index contributed by atoms with van der Waals surface area (Å²) in [5.41, 5.74) is 2.09. The van der Waals surface area contributed by atoms with Crippen molar-refractivity contribution < 1.29 is 31.8 Å². The molecule has 10 nitrogen and oxygen atoms in total. The van der Waals surface area contributed by atoms with Gasteiger partial charge in [0.15, 0.2) is 0 Å². The number of ether oxygens (including phenoxy) is 3. The molecule has 1 atom stereocenters. The Balaban J connectivity index is 1.59. The fourth-order valence-corrected chi connectivity index (χ4v) is 6.17. The molecule has 0 spiro atoms. The number of carbonyl (C=O) groups excluding carboxylic acids is 1. The molecule has 0 bridgehead atoms. The summed E-state index contributed by atoms with van der Waals surface area (Å²) in [6, 6.07) is 14.6. The van der Waals surface area contributed by atoms with E-state index < -0.39 is 21.8 Å². The van der Waals surface area contributed by atoms with Crippen molar-refractivity contribution in [2.45, 2.75) is 17.5 Å². The number of sulfonamides is 1. The lowest BCUT2D eigenvalue weighted by Gasteiger charge is -2.25. The van der Waals surface area contributed by atoms with Crippen LogP contribution in [0.4, 0.5) is 15.8 Å². The average Bonchev–Trinajstić information content (AvgIpc) is 2.99. The van der Waals surface area contributed by atoms with Crippen LogP contribution in [0.2, 0.25) is 0 Å². The molecule has 3 N–H and O–H groups in total. The summed E-state index contributed by atoms with van der Waals surface area (Å²) >= 11 is 3.27. The summed E-state index contributed by atoms with van der Waals surface area (Å²) in [6.07, 6.45) is 0.812. The minimum absolute atomic E-state index is 0.0272. The zero-order valence-corrected chi connectivity index (χ0v) is 25.1. The second-order valence-corrected chi connectivity index (χ2v) is 12.1. The van der Waals surface area contributed by atoms with Gasteiger partial charge < -0.3 is 24.8 Å². The first kappa shape index (κ1) is 29.9. The van der Waals surface area contributed by atoms with Crippen molar-refractivity contribution in [1.29, 1.82) is 0 Å².